The van der Waals surface area contributed by atoms with E-state index in [-0.39, 0.29) is 5.75 Å². The summed E-state index contributed by atoms with van der Waals surface area (Å²) in [6, 6.07) is 0. The van der Waals surface area contributed by atoms with E-state index in [1.54, 1.807) is 0 Å². The van der Waals surface area contributed by atoms with Gasteiger partial charge in [0.15, 0.2) is 16.0 Å². The molecule has 0 N–H and O–H groups in total. The van der Waals surface area contributed by atoms with Gasteiger partial charge in [-0.05, 0) is 12.8 Å². The number of hydrogen-bond donors (Lipinski definition) is 0. The molecule has 132 valence electrons. The molecule has 22 heavy (non-hydrogen) atoms. The molecule has 0 aromatic heterocycles. The van der Waals surface area contributed by atoms with Gasteiger partial charge in [-0.3, -0.25) is 0 Å². The van der Waals surface area contributed by atoms with Crippen LogP contribution in [0.1, 0.15) is 84.0 Å². The average Bonchev–Trinajstić information content (AvgIpc) is 2.45. The van der Waals surface area contributed by atoms with Crippen LogP contribution in [0.15, 0.2) is 0 Å². The van der Waals surface area contributed by atoms with Crippen LogP contribution >= 0.6 is 7.80 Å². The highest BCUT2D eigenvalue weighted by Crippen LogP contribution is 2.23. The minimum Gasteiger partial charge on any atom is -0.229 e. The second kappa shape index (κ2) is 14.6. The number of sulfone groups is 1. The third kappa shape index (κ3) is 18.1. The lowest BCUT2D eigenvalue weighted by molar-refractivity contribution is 0.546. The van der Waals surface area contributed by atoms with Crippen molar-refractivity contribution in [1.29, 1.82) is 0 Å². The molecule has 0 aromatic rings. The van der Waals surface area contributed by atoms with Gasteiger partial charge in [0.05, 0.1) is 5.75 Å². The van der Waals surface area contributed by atoms with Crippen LogP contribution < -0.4 is 0 Å². The summed E-state index contributed by atoms with van der Waals surface area (Å²) in [5.74, 6) is 0.0699. The van der Waals surface area contributed by atoms with Crippen molar-refractivity contribution in [3.8, 4) is 0 Å². The summed E-state index contributed by atoms with van der Waals surface area (Å²) in [6.45, 7) is 2.25. The molecule has 1 atom stereocenters. The van der Waals surface area contributed by atoms with Crippen molar-refractivity contribution in [2.45, 2.75) is 84.0 Å². The van der Waals surface area contributed by atoms with Gasteiger partial charge in [0, 0.05) is 6.26 Å². The molecule has 0 aliphatic heterocycles. The summed E-state index contributed by atoms with van der Waals surface area (Å²) < 4.78 is 33.6. The Morgan fingerprint density at radius 3 is 1.50 bits per heavy atom. The second-order valence-corrected chi connectivity index (χ2v) is 10.6. The van der Waals surface area contributed by atoms with Crippen molar-refractivity contribution < 1.29 is 13.0 Å². The summed E-state index contributed by atoms with van der Waals surface area (Å²) in [4.78, 5) is 0. The lowest BCUT2D eigenvalue weighted by Gasteiger charge is -2.01. The Hall–Kier alpha value is 0.0500. The number of rotatable bonds is 16. The summed E-state index contributed by atoms with van der Waals surface area (Å²) in [6.07, 6.45) is 17.8. The van der Waals surface area contributed by atoms with Gasteiger partial charge in [-0.25, -0.2) is 8.42 Å². The molecule has 1 unspecified atom stereocenters. The molecule has 0 rings (SSSR count). The van der Waals surface area contributed by atoms with E-state index < -0.39 is 17.6 Å². The van der Waals surface area contributed by atoms with Gasteiger partial charge in [0.1, 0.15) is 6.16 Å². The first-order valence-corrected chi connectivity index (χ1v) is 12.7. The molecule has 0 spiro atoms. The topological polar surface area (TPSA) is 51.2 Å². The Labute approximate surface area is 139 Å². The Morgan fingerprint density at radius 1 is 0.682 bits per heavy atom. The predicted molar refractivity (Wildman–Crippen MR) is 98.1 cm³/mol. The van der Waals surface area contributed by atoms with Gasteiger partial charge in [-0.15, -0.1) is 0 Å². The van der Waals surface area contributed by atoms with E-state index in [9.17, 15) is 13.0 Å². The van der Waals surface area contributed by atoms with Crippen LogP contribution in [0.3, 0.4) is 0 Å². The van der Waals surface area contributed by atoms with Gasteiger partial charge in [0.25, 0.3) is 0 Å². The van der Waals surface area contributed by atoms with Crippen LogP contribution in [0.5, 0.6) is 0 Å². The van der Waals surface area contributed by atoms with Crippen LogP contribution in [0.4, 0.5) is 0 Å². The molecular weight excluding hydrogens is 315 g/mol. The largest absolute Gasteiger partial charge is 0.339 e. The molecule has 0 aliphatic carbocycles. The number of unbranched alkanes of at least 4 members (excludes halogenated alkanes) is 11. The van der Waals surface area contributed by atoms with Gasteiger partial charge < -0.3 is 0 Å². The molecule has 0 saturated carbocycles. The van der Waals surface area contributed by atoms with Gasteiger partial charge in [-0.1, -0.05) is 75.7 Å². The lowest BCUT2D eigenvalue weighted by Crippen LogP contribution is -2.05. The van der Waals surface area contributed by atoms with Crippen molar-refractivity contribution in [2.24, 2.45) is 0 Å². The van der Waals surface area contributed by atoms with E-state index in [1.807, 2.05) is 0 Å². The summed E-state index contributed by atoms with van der Waals surface area (Å²) in [5, 5.41) is 0. The maximum absolute atomic E-state index is 11.7. The maximum Gasteiger partial charge on any atom is 0.339 e. The molecule has 0 aliphatic rings. The van der Waals surface area contributed by atoms with Crippen LogP contribution in [0.2, 0.25) is 0 Å². The van der Waals surface area contributed by atoms with Crippen molar-refractivity contribution in [3.05, 3.63) is 0 Å². The molecule has 0 amide bonds. The van der Waals surface area contributed by atoms with Gasteiger partial charge in [-0.2, -0.15) is 0 Å². The first-order chi connectivity index (χ1) is 10.5. The minimum absolute atomic E-state index is 0.0699. The van der Waals surface area contributed by atoms with Crippen molar-refractivity contribution in [1.82, 2.24) is 0 Å². The van der Waals surface area contributed by atoms with E-state index in [0.29, 0.717) is 12.3 Å². The highest BCUT2D eigenvalue weighted by Gasteiger charge is 2.17. The molecule has 0 saturated heterocycles. The second-order valence-electron chi connectivity index (χ2n) is 6.45. The summed E-state index contributed by atoms with van der Waals surface area (Å²) in [5.41, 5.74) is 0. The molecule has 3 nitrogen and oxygen atoms in total. The molecule has 0 bridgehead atoms. The lowest BCUT2D eigenvalue weighted by atomic mass is 10.1. The zero-order chi connectivity index (χ0) is 16.7. The normalized spacial score (nSPS) is 12.5. The van der Waals surface area contributed by atoms with Crippen molar-refractivity contribution in [3.63, 3.8) is 0 Å². The summed E-state index contributed by atoms with van der Waals surface area (Å²) in [7, 11) is -4.27. The smallest absolute Gasteiger partial charge is 0.229 e. The minimum atomic E-state index is -2.96. The van der Waals surface area contributed by atoms with E-state index in [2.05, 4.69) is 6.92 Å². The van der Waals surface area contributed by atoms with E-state index in [4.69, 9.17) is 0 Å². The molecular formula is C17H36O3PS+. The Balaban J connectivity index is 3.21. The Kier molecular flexibility index (Phi) is 14.7. The van der Waals surface area contributed by atoms with Crippen LogP contribution in [-0.4, -0.2) is 32.8 Å². The fraction of sp³-hybridized carbons (Fsp3) is 1.00. The highest BCUT2D eigenvalue weighted by atomic mass is 32.2. The van der Waals surface area contributed by atoms with E-state index >= 15 is 0 Å². The zero-order valence-corrected chi connectivity index (χ0v) is 16.4. The molecule has 0 aromatic carbocycles. The third-order valence-electron chi connectivity index (χ3n) is 3.97. The molecule has 0 fully saturated rings. The number of hydrogen-bond acceptors (Lipinski definition) is 3. The molecule has 0 heterocycles. The fourth-order valence-electron chi connectivity index (χ4n) is 2.51. The standard InChI is InChI=1S/C17H36O3PS/c1-3-4-5-6-7-8-9-10-11-12-13-14-15-21(18)16-17-22(2,19)20/h3-17H2,1-2H3/q+1. The Bertz CT molecular complexity index is 366. The monoisotopic (exact) mass is 351 g/mol. The van der Waals surface area contributed by atoms with Crippen molar-refractivity contribution in [2.75, 3.05) is 24.3 Å². The summed E-state index contributed by atoms with van der Waals surface area (Å²) >= 11 is 0. The maximum atomic E-state index is 11.7. The van der Waals surface area contributed by atoms with Crippen LogP contribution in [-0.2, 0) is 14.4 Å². The van der Waals surface area contributed by atoms with Crippen LogP contribution in [0.25, 0.3) is 0 Å². The van der Waals surface area contributed by atoms with Crippen LogP contribution in [0, 0.1) is 0 Å². The average molecular weight is 352 g/mol. The van der Waals surface area contributed by atoms with Crippen molar-refractivity contribution >= 4 is 17.6 Å². The zero-order valence-electron chi connectivity index (χ0n) is 14.7. The van der Waals surface area contributed by atoms with Gasteiger partial charge in [0.2, 0.25) is 0 Å². The molecule has 5 heteroatoms. The Morgan fingerprint density at radius 2 is 1.09 bits per heavy atom. The SMILES string of the molecule is CCCCCCCCCCCCCC[P+](=O)CCS(C)(=O)=O. The first-order valence-electron chi connectivity index (χ1n) is 9.05. The third-order valence-corrected chi connectivity index (χ3v) is 6.76. The fourth-order valence-corrected chi connectivity index (χ4v) is 5.45. The highest BCUT2D eigenvalue weighted by molar-refractivity contribution is 7.90. The first kappa shape index (κ1) is 22.1. The quantitative estimate of drug-likeness (QED) is 0.270. The van der Waals surface area contributed by atoms with E-state index in [1.165, 1.54) is 70.5 Å². The van der Waals surface area contributed by atoms with Gasteiger partial charge >= 0.3 is 7.80 Å². The molecule has 0 radical (unpaired) electrons. The van der Waals surface area contributed by atoms with E-state index in [0.717, 1.165) is 12.8 Å². The predicted octanol–water partition coefficient (Wildman–Crippen LogP) is 5.56.